The fraction of sp³-hybridized carbons (Fsp3) is 0.750. The zero-order valence-corrected chi connectivity index (χ0v) is 16.6. The number of carbonyl (C=O) groups is 4. The molecular weight excluding hydrogens is 360 g/mol. The Morgan fingerprint density at radius 1 is 1.08 bits per heavy atom. The second-order valence-electron chi connectivity index (χ2n) is 7.19. The van der Waals surface area contributed by atoms with Crippen LogP contribution in [0.2, 0.25) is 0 Å². The van der Waals surface area contributed by atoms with Gasteiger partial charge in [0.25, 0.3) is 0 Å². The SMILES string of the molecule is C[N+](C)(C)CCNC(=O)CCC(=O)[C@H](CS)NC(=O)CC[C@H]([NH3+])C(=O)[O-]. The van der Waals surface area contributed by atoms with Crippen molar-refractivity contribution in [3.05, 3.63) is 0 Å². The number of hydrogen-bond acceptors (Lipinski definition) is 6. The van der Waals surface area contributed by atoms with Crippen LogP contribution in [0.1, 0.15) is 25.7 Å². The van der Waals surface area contributed by atoms with Crippen molar-refractivity contribution in [2.24, 2.45) is 0 Å². The van der Waals surface area contributed by atoms with Crippen LogP contribution in [0, 0.1) is 0 Å². The van der Waals surface area contributed by atoms with E-state index in [1.165, 1.54) is 0 Å². The van der Waals surface area contributed by atoms with Gasteiger partial charge in [-0.05, 0) is 0 Å². The Bertz CT molecular complexity index is 507. The molecular formula is C16H31N4O5S+. The summed E-state index contributed by atoms with van der Waals surface area (Å²) in [7, 11) is 6.04. The van der Waals surface area contributed by atoms with Crippen LogP contribution in [0.3, 0.4) is 0 Å². The molecule has 0 fully saturated rings. The maximum atomic E-state index is 12.1. The minimum absolute atomic E-state index is 0.00127. The molecule has 10 heteroatoms. The number of carboxylic acids is 1. The molecule has 0 saturated heterocycles. The zero-order chi connectivity index (χ0) is 20.3. The fourth-order valence-electron chi connectivity index (χ4n) is 1.95. The van der Waals surface area contributed by atoms with Gasteiger partial charge < -0.3 is 30.8 Å². The molecule has 0 aromatic rings. The highest BCUT2D eigenvalue weighted by atomic mass is 32.1. The minimum Gasteiger partial charge on any atom is -0.544 e. The van der Waals surface area contributed by atoms with Crippen LogP contribution in [0.5, 0.6) is 0 Å². The Kier molecular flexibility index (Phi) is 11.1. The van der Waals surface area contributed by atoms with E-state index >= 15 is 0 Å². The molecule has 0 aromatic carbocycles. The number of ketones is 1. The second-order valence-corrected chi connectivity index (χ2v) is 7.55. The molecule has 2 amide bonds. The molecule has 0 aliphatic rings. The molecule has 9 nitrogen and oxygen atoms in total. The van der Waals surface area contributed by atoms with Crippen LogP contribution in [0.25, 0.3) is 0 Å². The lowest BCUT2D eigenvalue weighted by Crippen LogP contribution is -2.68. The predicted molar refractivity (Wildman–Crippen MR) is 96.9 cm³/mol. The summed E-state index contributed by atoms with van der Waals surface area (Å²) in [5.41, 5.74) is 3.36. The average molecular weight is 392 g/mol. The van der Waals surface area contributed by atoms with Gasteiger partial charge in [-0.25, -0.2) is 0 Å². The number of likely N-dealkylation sites (N-methyl/N-ethyl adjacent to an activating group) is 1. The molecule has 0 heterocycles. The first-order valence-corrected chi connectivity index (χ1v) is 9.13. The first-order chi connectivity index (χ1) is 12.0. The molecule has 0 aromatic heterocycles. The van der Waals surface area contributed by atoms with Crippen LogP contribution in [-0.4, -0.2) is 80.1 Å². The molecule has 5 N–H and O–H groups in total. The third kappa shape index (κ3) is 11.8. The molecule has 0 bridgehead atoms. The van der Waals surface area contributed by atoms with Crippen molar-refractivity contribution in [1.82, 2.24) is 10.6 Å². The van der Waals surface area contributed by atoms with E-state index < -0.39 is 24.0 Å². The number of rotatable bonds is 13. The molecule has 0 rings (SSSR count). The number of nitrogens with one attached hydrogen (secondary N) is 2. The Hall–Kier alpha value is -1.65. The van der Waals surface area contributed by atoms with E-state index in [0.29, 0.717) is 6.54 Å². The summed E-state index contributed by atoms with van der Waals surface area (Å²) in [6, 6.07) is -1.79. The highest BCUT2D eigenvalue weighted by Crippen LogP contribution is 2.01. The van der Waals surface area contributed by atoms with Crippen molar-refractivity contribution in [1.29, 1.82) is 0 Å². The Morgan fingerprint density at radius 2 is 1.69 bits per heavy atom. The lowest BCUT2D eigenvalue weighted by atomic mass is 10.1. The fourth-order valence-corrected chi connectivity index (χ4v) is 2.24. The quantitative estimate of drug-likeness (QED) is 0.192. The molecule has 0 unspecified atom stereocenters. The molecule has 26 heavy (non-hydrogen) atoms. The molecule has 2 atom stereocenters. The summed E-state index contributed by atoms with van der Waals surface area (Å²) < 4.78 is 0.721. The highest BCUT2D eigenvalue weighted by Gasteiger charge is 2.21. The molecule has 0 spiro atoms. The van der Waals surface area contributed by atoms with Gasteiger partial charge >= 0.3 is 0 Å². The van der Waals surface area contributed by atoms with Gasteiger partial charge in [0.15, 0.2) is 5.78 Å². The first kappa shape index (κ1) is 24.4. The predicted octanol–water partition coefficient (Wildman–Crippen LogP) is -3.29. The van der Waals surface area contributed by atoms with Crippen LogP contribution >= 0.6 is 12.6 Å². The smallest absolute Gasteiger partial charge is 0.220 e. The van der Waals surface area contributed by atoms with Crippen LogP contribution in [0.15, 0.2) is 0 Å². The average Bonchev–Trinajstić information content (AvgIpc) is 2.53. The summed E-state index contributed by atoms with van der Waals surface area (Å²) in [6.07, 6.45) is -0.0118. The number of amides is 2. The van der Waals surface area contributed by atoms with Gasteiger partial charge in [0.05, 0.1) is 46.2 Å². The van der Waals surface area contributed by atoms with E-state index in [-0.39, 0.29) is 43.1 Å². The third-order valence-corrected chi connectivity index (χ3v) is 4.03. The summed E-state index contributed by atoms with van der Waals surface area (Å²) >= 11 is 4.05. The maximum absolute atomic E-state index is 12.1. The Labute approximate surface area is 159 Å². The number of aliphatic carboxylic acids is 1. The molecule has 0 radical (unpaired) electrons. The van der Waals surface area contributed by atoms with Gasteiger partial charge in [0.1, 0.15) is 6.04 Å². The summed E-state index contributed by atoms with van der Waals surface area (Å²) in [6.45, 7) is 1.29. The monoisotopic (exact) mass is 391 g/mol. The van der Waals surface area contributed by atoms with Gasteiger partial charge in [0, 0.05) is 31.4 Å². The van der Waals surface area contributed by atoms with E-state index in [2.05, 4.69) is 29.0 Å². The van der Waals surface area contributed by atoms with Gasteiger partial charge in [-0.2, -0.15) is 12.6 Å². The Balaban J connectivity index is 4.21. The van der Waals surface area contributed by atoms with E-state index in [4.69, 9.17) is 0 Å². The third-order valence-electron chi connectivity index (χ3n) is 3.66. The topological polar surface area (TPSA) is 143 Å². The van der Waals surface area contributed by atoms with E-state index in [1.54, 1.807) is 0 Å². The van der Waals surface area contributed by atoms with E-state index in [0.717, 1.165) is 11.0 Å². The van der Waals surface area contributed by atoms with Crippen molar-refractivity contribution in [2.75, 3.05) is 40.0 Å². The highest BCUT2D eigenvalue weighted by molar-refractivity contribution is 7.80. The number of Topliss-reactive ketones (excluding diaryl/α,β-unsaturated/α-hetero) is 1. The maximum Gasteiger partial charge on any atom is 0.220 e. The molecule has 0 aliphatic carbocycles. The van der Waals surface area contributed by atoms with Crippen molar-refractivity contribution >= 4 is 36.2 Å². The number of carboxylic acid groups (broad SMARTS) is 1. The summed E-state index contributed by atoms with van der Waals surface area (Å²) in [4.78, 5) is 46.3. The van der Waals surface area contributed by atoms with Gasteiger partial charge in [-0.3, -0.25) is 14.4 Å². The largest absolute Gasteiger partial charge is 0.544 e. The van der Waals surface area contributed by atoms with E-state index in [9.17, 15) is 24.3 Å². The van der Waals surface area contributed by atoms with Crippen molar-refractivity contribution < 1.29 is 34.5 Å². The van der Waals surface area contributed by atoms with Gasteiger partial charge in [-0.1, -0.05) is 0 Å². The molecule has 150 valence electrons. The van der Waals surface area contributed by atoms with E-state index in [1.807, 2.05) is 21.1 Å². The second kappa shape index (κ2) is 11.9. The Morgan fingerprint density at radius 3 is 2.19 bits per heavy atom. The van der Waals surface area contributed by atoms with Crippen LogP contribution in [-0.2, 0) is 19.2 Å². The lowest BCUT2D eigenvalue weighted by Gasteiger charge is -2.23. The molecule has 0 aliphatic heterocycles. The van der Waals surface area contributed by atoms with Crippen LogP contribution < -0.4 is 21.5 Å². The molecule has 0 saturated carbocycles. The number of carbonyl (C=O) groups excluding carboxylic acids is 4. The number of quaternary nitrogens is 2. The summed E-state index contributed by atoms with van der Waals surface area (Å²) in [5, 5.41) is 15.8. The number of nitrogens with zero attached hydrogens (tertiary/aromatic N) is 1. The lowest BCUT2D eigenvalue weighted by molar-refractivity contribution is -0.869. The zero-order valence-electron chi connectivity index (χ0n) is 15.7. The van der Waals surface area contributed by atoms with Crippen LogP contribution in [0.4, 0.5) is 0 Å². The number of hydrogen-bond donors (Lipinski definition) is 4. The minimum atomic E-state index is -1.32. The first-order valence-electron chi connectivity index (χ1n) is 8.50. The van der Waals surface area contributed by atoms with Crippen molar-refractivity contribution in [3.63, 3.8) is 0 Å². The van der Waals surface area contributed by atoms with Crippen molar-refractivity contribution in [2.45, 2.75) is 37.8 Å². The van der Waals surface area contributed by atoms with Crippen molar-refractivity contribution in [3.8, 4) is 0 Å². The van der Waals surface area contributed by atoms with Gasteiger partial charge in [0.2, 0.25) is 11.8 Å². The standard InChI is InChI=1S/C16H30N4O5S/c1-20(2,3)9-8-18-14(22)7-5-13(21)12(10-26)19-15(23)6-4-11(17)16(24)25/h11-12H,4-10,17H2,1-3H3,(H3-,18,19,22,23,24,25,26)/p+1/t11-,12-/m0/s1. The summed E-state index contributed by atoms with van der Waals surface area (Å²) in [5.74, 6) is -2.19. The number of thiol groups is 1. The van der Waals surface area contributed by atoms with Gasteiger partial charge in [-0.15, -0.1) is 0 Å². The normalized spacial score (nSPS) is 13.6.